The number of hydrogen-bond acceptors (Lipinski definition) is 7. The Labute approximate surface area is 186 Å². The maximum Gasteiger partial charge on any atom is 0.190 e. The number of thiazole rings is 2. The van der Waals surface area contributed by atoms with Crippen LogP contribution in [0.1, 0.15) is 0 Å². The number of aromatic nitrogens is 2. The second kappa shape index (κ2) is 8.47. The highest BCUT2D eigenvalue weighted by molar-refractivity contribution is 7.98. The van der Waals surface area contributed by atoms with Gasteiger partial charge in [-0.2, -0.15) is 0 Å². The van der Waals surface area contributed by atoms with Crippen LogP contribution in [0.15, 0.2) is 83.1 Å². The minimum Gasteiger partial charge on any atom is -0.457 e. The van der Waals surface area contributed by atoms with Crippen molar-refractivity contribution in [2.45, 2.75) is 4.90 Å². The number of benzene rings is 3. The second-order valence-electron chi connectivity index (χ2n) is 6.43. The molecule has 4 nitrogen and oxygen atoms in total. The van der Waals surface area contributed by atoms with Gasteiger partial charge in [0.15, 0.2) is 10.3 Å². The first-order chi connectivity index (χ1) is 14.8. The number of nitrogens with one attached hydrogen (secondary N) is 1. The summed E-state index contributed by atoms with van der Waals surface area (Å²) in [5, 5.41) is 7.10. The van der Waals surface area contributed by atoms with E-state index in [9.17, 15) is 0 Å². The number of hydrogen-bond donors (Lipinski definition) is 1. The van der Waals surface area contributed by atoms with Crippen LogP contribution >= 0.6 is 34.4 Å². The van der Waals surface area contributed by atoms with E-state index < -0.39 is 0 Å². The second-order valence-corrected chi connectivity index (χ2v) is 9.17. The summed E-state index contributed by atoms with van der Waals surface area (Å²) in [4.78, 5) is 10.7. The van der Waals surface area contributed by atoms with Gasteiger partial charge < -0.3 is 10.1 Å². The summed E-state index contributed by atoms with van der Waals surface area (Å²) in [7, 11) is 0. The van der Waals surface area contributed by atoms with Crippen molar-refractivity contribution in [1.29, 1.82) is 0 Å². The Morgan fingerprint density at radius 2 is 1.63 bits per heavy atom. The molecule has 0 radical (unpaired) electrons. The fourth-order valence-corrected chi connectivity index (χ4v) is 5.32. The summed E-state index contributed by atoms with van der Waals surface area (Å²) < 4.78 is 7.04. The van der Waals surface area contributed by atoms with Gasteiger partial charge in [0, 0.05) is 15.8 Å². The number of anilines is 2. The van der Waals surface area contributed by atoms with Crippen LogP contribution in [-0.2, 0) is 0 Å². The molecule has 2 heterocycles. The fraction of sp³-hybridized carbons (Fsp3) is 0.0435. The molecule has 0 unspecified atom stereocenters. The minimum atomic E-state index is 0.803. The maximum atomic E-state index is 5.86. The highest BCUT2D eigenvalue weighted by atomic mass is 32.2. The number of nitrogens with zero attached hydrogens (tertiary/aromatic N) is 2. The zero-order valence-corrected chi connectivity index (χ0v) is 18.5. The average Bonchev–Trinajstić information content (AvgIpc) is 3.41. The molecule has 0 amide bonds. The van der Waals surface area contributed by atoms with Crippen LogP contribution in [0.2, 0.25) is 0 Å². The Hall–Kier alpha value is -2.87. The van der Waals surface area contributed by atoms with Crippen LogP contribution in [0, 0.1) is 0 Å². The SMILES string of the molecule is CSc1cccc2sc(Nc3nc(-c4ccc(Oc5ccccc5)cc4)cs3)nc12. The zero-order chi connectivity index (χ0) is 20.3. The molecule has 5 aromatic rings. The summed E-state index contributed by atoms with van der Waals surface area (Å²) in [6, 6.07) is 24.0. The Kier molecular flexibility index (Phi) is 5.40. The lowest BCUT2D eigenvalue weighted by atomic mass is 10.2. The Morgan fingerprint density at radius 1 is 0.833 bits per heavy atom. The van der Waals surface area contributed by atoms with Crippen molar-refractivity contribution in [3.8, 4) is 22.8 Å². The van der Waals surface area contributed by atoms with Crippen LogP contribution in [0.5, 0.6) is 11.5 Å². The van der Waals surface area contributed by atoms with Crippen molar-refractivity contribution in [2.24, 2.45) is 0 Å². The van der Waals surface area contributed by atoms with E-state index in [0.717, 1.165) is 38.5 Å². The van der Waals surface area contributed by atoms with E-state index in [4.69, 9.17) is 14.7 Å². The zero-order valence-electron chi connectivity index (χ0n) is 16.0. The lowest BCUT2D eigenvalue weighted by Gasteiger charge is -2.05. The number of ether oxygens (including phenoxy) is 1. The molecule has 0 spiro atoms. The number of thioether (sulfide) groups is 1. The molecule has 0 atom stereocenters. The molecule has 0 aliphatic rings. The van der Waals surface area contributed by atoms with Crippen LogP contribution in [0.25, 0.3) is 21.5 Å². The Bertz CT molecular complexity index is 1280. The van der Waals surface area contributed by atoms with E-state index in [0.29, 0.717) is 0 Å². The first kappa shape index (κ1) is 19.1. The van der Waals surface area contributed by atoms with Crippen molar-refractivity contribution in [2.75, 3.05) is 11.6 Å². The van der Waals surface area contributed by atoms with Crippen molar-refractivity contribution in [1.82, 2.24) is 9.97 Å². The molecular formula is C23H17N3OS3. The summed E-state index contributed by atoms with van der Waals surface area (Å²) in [6.45, 7) is 0. The van der Waals surface area contributed by atoms with E-state index in [1.54, 1.807) is 34.4 Å². The first-order valence-electron chi connectivity index (χ1n) is 9.28. The predicted octanol–water partition coefficient (Wildman–Crippen LogP) is 7.68. The quantitative estimate of drug-likeness (QED) is 0.271. The van der Waals surface area contributed by atoms with Crippen molar-refractivity contribution in [3.63, 3.8) is 0 Å². The van der Waals surface area contributed by atoms with Gasteiger partial charge in [0.25, 0.3) is 0 Å². The number of rotatable bonds is 6. The number of para-hydroxylation sites is 2. The summed E-state index contributed by atoms with van der Waals surface area (Å²) in [6.07, 6.45) is 2.07. The molecule has 0 bridgehead atoms. The molecule has 30 heavy (non-hydrogen) atoms. The monoisotopic (exact) mass is 447 g/mol. The Morgan fingerprint density at radius 3 is 2.43 bits per heavy atom. The van der Waals surface area contributed by atoms with Crippen LogP contribution in [0.4, 0.5) is 10.3 Å². The van der Waals surface area contributed by atoms with E-state index in [1.807, 2.05) is 54.6 Å². The topological polar surface area (TPSA) is 47.0 Å². The third kappa shape index (κ3) is 4.05. The van der Waals surface area contributed by atoms with Gasteiger partial charge in [-0.25, -0.2) is 9.97 Å². The lowest BCUT2D eigenvalue weighted by Crippen LogP contribution is -1.88. The van der Waals surface area contributed by atoms with E-state index in [1.165, 1.54) is 9.60 Å². The third-order valence-corrected chi connectivity index (χ3v) is 6.91. The maximum absolute atomic E-state index is 5.86. The molecule has 2 aromatic heterocycles. The van der Waals surface area contributed by atoms with Gasteiger partial charge in [0.05, 0.1) is 15.9 Å². The molecule has 0 aliphatic heterocycles. The molecular weight excluding hydrogens is 430 g/mol. The van der Waals surface area contributed by atoms with Gasteiger partial charge in [0.2, 0.25) is 0 Å². The molecule has 1 N–H and O–H groups in total. The minimum absolute atomic E-state index is 0.803. The normalized spacial score (nSPS) is 11.0. The molecule has 0 fully saturated rings. The highest BCUT2D eigenvalue weighted by Gasteiger charge is 2.10. The summed E-state index contributed by atoms with van der Waals surface area (Å²) >= 11 is 4.93. The molecule has 3 aromatic carbocycles. The lowest BCUT2D eigenvalue weighted by molar-refractivity contribution is 0.483. The van der Waals surface area contributed by atoms with Crippen molar-refractivity contribution >= 4 is 54.9 Å². The third-order valence-electron chi connectivity index (χ3n) is 4.45. The Balaban J connectivity index is 1.32. The average molecular weight is 448 g/mol. The molecule has 148 valence electrons. The molecule has 5 rings (SSSR count). The molecule has 0 saturated heterocycles. The predicted molar refractivity (Wildman–Crippen MR) is 129 cm³/mol. The van der Waals surface area contributed by atoms with E-state index in [2.05, 4.69) is 35.2 Å². The van der Waals surface area contributed by atoms with Crippen molar-refractivity contribution in [3.05, 3.63) is 78.2 Å². The number of fused-ring (bicyclic) bond motifs is 1. The van der Waals surface area contributed by atoms with Gasteiger partial charge in [-0.05, 0) is 54.8 Å². The van der Waals surface area contributed by atoms with E-state index >= 15 is 0 Å². The summed E-state index contributed by atoms with van der Waals surface area (Å²) in [5.41, 5.74) is 3.02. The fourth-order valence-electron chi connectivity index (χ4n) is 3.02. The molecule has 0 aliphatic carbocycles. The molecule has 0 saturated carbocycles. The van der Waals surface area contributed by atoms with Crippen LogP contribution in [0.3, 0.4) is 0 Å². The highest BCUT2D eigenvalue weighted by Crippen LogP contribution is 2.35. The van der Waals surface area contributed by atoms with Crippen molar-refractivity contribution < 1.29 is 4.74 Å². The molecule has 7 heteroatoms. The van der Waals surface area contributed by atoms with Gasteiger partial charge in [-0.15, -0.1) is 23.1 Å². The van der Waals surface area contributed by atoms with Crippen LogP contribution in [-0.4, -0.2) is 16.2 Å². The van der Waals surface area contributed by atoms with Gasteiger partial charge in [-0.3, -0.25) is 0 Å². The standard InChI is InChI=1S/C23H17N3OS3/c1-28-19-8-5-9-20-21(19)25-23(30-20)26-22-24-18(14-29-22)15-10-12-17(13-11-15)27-16-6-3-2-4-7-16/h2-14H,1H3,(H,24,25,26). The van der Waals surface area contributed by atoms with E-state index in [-0.39, 0.29) is 0 Å². The smallest absolute Gasteiger partial charge is 0.190 e. The van der Waals surface area contributed by atoms with Gasteiger partial charge >= 0.3 is 0 Å². The summed E-state index contributed by atoms with van der Waals surface area (Å²) in [5.74, 6) is 1.63. The van der Waals surface area contributed by atoms with Gasteiger partial charge in [-0.1, -0.05) is 35.6 Å². The first-order valence-corrected chi connectivity index (χ1v) is 12.2. The largest absolute Gasteiger partial charge is 0.457 e. The van der Waals surface area contributed by atoms with Crippen LogP contribution < -0.4 is 10.1 Å². The van der Waals surface area contributed by atoms with Gasteiger partial charge in [0.1, 0.15) is 11.5 Å².